The van der Waals surface area contributed by atoms with E-state index in [9.17, 15) is 9.18 Å². The van der Waals surface area contributed by atoms with Crippen LogP contribution in [0.25, 0.3) is 22.5 Å². The molecule has 1 aliphatic carbocycles. The molecule has 8 heteroatoms. The predicted molar refractivity (Wildman–Crippen MR) is 128 cm³/mol. The number of fused-ring (bicyclic) bond motifs is 1. The average molecular weight is 474 g/mol. The second-order valence-corrected chi connectivity index (χ2v) is 9.15. The van der Waals surface area contributed by atoms with Gasteiger partial charge in [-0.1, -0.05) is 18.2 Å². The van der Waals surface area contributed by atoms with Gasteiger partial charge < -0.3 is 4.57 Å². The Morgan fingerprint density at radius 2 is 1.91 bits per heavy atom. The van der Waals surface area contributed by atoms with E-state index >= 15 is 0 Å². The molecule has 6 nitrogen and oxygen atoms in total. The predicted octanol–water partition coefficient (Wildman–Crippen LogP) is 5.46. The summed E-state index contributed by atoms with van der Waals surface area (Å²) >= 11 is 5.98. The molecule has 34 heavy (non-hydrogen) atoms. The van der Waals surface area contributed by atoms with E-state index in [-0.39, 0.29) is 11.7 Å². The number of amides is 1. The molecule has 0 N–H and O–H groups in total. The van der Waals surface area contributed by atoms with Crippen molar-refractivity contribution in [1.82, 2.24) is 19.7 Å². The summed E-state index contributed by atoms with van der Waals surface area (Å²) in [5.74, 6) is 1.47. The van der Waals surface area contributed by atoms with Crippen LogP contribution in [-0.4, -0.2) is 25.7 Å². The molecule has 0 spiro atoms. The van der Waals surface area contributed by atoms with Crippen LogP contribution in [0.3, 0.4) is 0 Å². The molecule has 2 aromatic heterocycles. The van der Waals surface area contributed by atoms with Crippen LogP contribution in [0.4, 0.5) is 10.2 Å². The highest BCUT2D eigenvalue weighted by Crippen LogP contribution is 2.43. The minimum absolute atomic E-state index is 0.0824. The lowest BCUT2D eigenvalue weighted by molar-refractivity contribution is 0.0996. The van der Waals surface area contributed by atoms with Crippen LogP contribution >= 0.6 is 11.6 Å². The standard InChI is InChI=1S/C26H21ClFN5O/c1-32-14-29-31-25(32)22-11-19(28)6-7-20(22)18-9-23(16-4-5-16)30-24(10-18)33-13-17-3-2-15(12-27)8-21(17)26(33)34/h2-3,6-11,14,16H,4-5,12-13H2,1H3. The van der Waals surface area contributed by atoms with Crippen LogP contribution in [0.15, 0.2) is 54.9 Å². The van der Waals surface area contributed by atoms with E-state index in [2.05, 4.69) is 10.2 Å². The number of hydrogen-bond acceptors (Lipinski definition) is 4. The van der Waals surface area contributed by atoms with E-state index in [1.165, 1.54) is 12.1 Å². The quantitative estimate of drug-likeness (QED) is 0.361. The summed E-state index contributed by atoms with van der Waals surface area (Å²) in [7, 11) is 1.83. The zero-order chi connectivity index (χ0) is 23.4. The summed E-state index contributed by atoms with van der Waals surface area (Å²) in [6.45, 7) is 0.455. The summed E-state index contributed by atoms with van der Waals surface area (Å²) in [6.07, 6.45) is 3.73. The SMILES string of the molecule is Cn1cnnc1-c1cc(F)ccc1-c1cc(C2CC2)nc(N2Cc3ccc(CCl)cc3C2=O)c1. The summed E-state index contributed by atoms with van der Waals surface area (Å²) in [5.41, 5.74) is 5.82. The molecule has 4 aromatic rings. The number of nitrogens with zero attached hydrogens (tertiary/aromatic N) is 5. The Balaban J connectivity index is 1.48. The van der Waals surface area contributed by atoms with Crippen LogP contribution < -0.4 is 4.90 Å². The minimum Gasteiger partial charge on any atom is -0.317 e. The third kappa shape index (κ3) is 3.56. The number of carbonyl (C=O) groups is 1. The van der Waals surface area contributed by atoms with Crippen molar-refractivity contribution < 1.29 is 9.18 Å². The van der Waals surface area contributed by atoms with Gasteiger partial charge in [-0.25, -0.2) is 9.37 Å². The van der Waals surface area contributed by atoms with Crippen molar-refractivity contribution in [3.63, 3.8) is 0 Å². The Morgan fingerprint density at radius 1 is 1.06 bits per heavy atom. The maximum Gasteiger partial charge on any atom is 0.260 e. The summed E-state index contributed by atoms with van der Waals surface area (Å²) in [5, 5.41) is 8.16. The van der Waals surface area contributed by atoms with Crippen LogP contribution in [0.5, 0.6) is 0 Å². The van der Waals surface area contributed by atoms with Gasteiger partial charge in [-0.05, 0) is 65.4 Å². The smallest absolute Gasteiger partial charge is 0.260 e. The molecule has 0 radical (unpaired) electrons. The maximum atomic E-state index is 14.3. The monoisotopic (exact) mass is 473 g/mol. The molecule has 0 atom stereocenters. The Hall–Kier alpha value is -3.58. The molecule has 0 bridgehead atoms. The number of anilines is 1. The number of aromatic nitrogens is 4. The molecular formula is C26H21ClFN5O. The highest BCUT2D eigenvalue weighted by Gasteiger charge is 2.32. The lowest BCUT2D eigenvalue weighted by atomic mass is 9.98. The van der Waals surface area contributed by atoms with Crippen molar-refractivity contribution in [2.45, 2.75) is 31.2 Å². The third-order valence-corrected chi connectivity index (χ3v) is 6.79. The largest absolute Gasteiger partial charge is 0.317 e. The van der Waals surface area contributed by atoms with Crippen LogP contribution in [0.2, 0.25) is 0 Å². The van der Waals surface area contributed by atoms with Gasteiger partial charge in [0.2, 0.25) is 0 Å². The Morgan fingerprint density at radius 3 is 2.65 bits per heavy atom. The number of rotatable bonds is 5. The summed E-state index contributed by atoms with van der Waals surface area (Å²) < 4.78 is 16.0. The van der Waals surface area contributed by atoms with Gasteiger partial charge in [0.25, 0.3) is 5.91 Å². The van der Waals surface area contributed by atoms with Crippen LogP contribution in [0.1, 0.15) is 45.9 Å². The molecule has 1 fully saturated rings. The van der Waals surface area contributed by atoms with E-state index in [4.69, 9.17) is 16.6 Å². The maximum absolute atomic E-state index is 14.3. The van der Waals surface area contributed by atoms with Gasteiger partial charge in [0.1, 0.15) is 18.0 Å². The van der Waals surface area contributed by atoms with Gasteiger partial charge in [-0.3, -0.25) is 9.69 Å². The number of alkyl halides is 1. The Labute approximate surface area is 201 Å². The molecule has 2 aliphatic rings. The molecule has 6 rings (SSSR count). The molecule has 2 aromatic carbocycles. The van der Waals surface area contributed by atoms with Gasteiger partial charge in [-0.15, -0.1) is 21.8 Å². The molecule has 1 amide bonds. The number of pyridine rings is 1. The number of halogens is 2. The molecule has 1 saturated carbocycles. The Kier molecular flexibility index (Phi) is 4.95. The molecule has 3 heterocycles. The first-order chi connectivity index (χ1) is 16.5. The fourth-order valence-electron chi connectivity index (χ4n) is 4.52. The van der Waals surface area contributed by atoms with Gasteiger partial charge in [0.05, 0.1) is 6.54 Å². The molecule has 1 aliphatic heterocycles. The highest BCUT2D eigenvalue weighted by molar-refractivity contribution is 6.17. The van der Waals surface area contributed by atoms with E-state index in [0.29, 0.717) is 41.1 Å². The van der Waals surface area contributed by atoms with Crippen molar-refractivity contribution in [3.8, 4) is 22.5 Å². The van der Waals surface area contributed by atoms with Crippen LogP contribution in [0, 0.1) is 5.82 Å². The minimum atomic E-state index is -0.348. The first-order valence-corrected chi connectivity index (χ1v) is 11.7. The number of hydrogen-bond donors (Lipinski definition) is 0. The Bertz CT molecular complexity index is 1450. The van der Waals surface area contributed by atoms with Crippen molar-refractivity contribution in [2.24, 2.45) is 7.05 Å². The van der Waals surface area contributed by atoms with Crippen molar-refractivity contribution in [1.29, 1.82) is 0 Å². The van der Waals surface area contributed by atoms with E-state index < -0.39 is 0 Å². The normalized spacial score (nSPS) is 15.1. The summed E-state index contributed by atoms with van der Waals surface area (Å²) in [4.78, 5) is 19.9. The molecule has 170 valence electrons. The van der Waals surface area contributed by atoms with E-state index in [1.54, 1.807) is 21.9 Å². The second kappa shape index (κ2) is 8.02. The third-order valence-electron chi connectivity index (χ3n) is 6.48. The average Bonchev–Trinajstić information content (AvgIpc) is 3.54. The molecule has 0 unspecified atom stereocenters. The number of benzene rings is 2. The summed E-state index contributed by atoms with van der Waals surface area (Å²) in [6, 6.07) is 14.4. The first kappa shape index (κ1) is 21.0. The van der Waals surface area contributed by atoms with E-state index in [0.717, 1.165) is 40.8 Å². The van der Waals surface area contributed by atoms with Crippen molar-refractivity contribution in [2.75, 3.05) is 4.90 Å². The van der Waals surface area contributed by atoms with Gasteiger partial charge in [-0.2, -0.15) is 0 Å². The van der Waals surface area contributed by atoms with Gasteiger partial charge in [0.15, 0.2) is 5.82 Å². The second-order valence-electron chi connectivity index (χ2n) is 8.88. The van der Waals surface area contributed by atoms with E-state index in [1.807, 2.05) is 37.4 Å². The molecule has 0 saturated heterocycles. The van der Waals surface area contributed by atoms with Crippen LogP contribution in [-0.2, 0) is 19.5 Å². The lowest BCUT2D eigenvalue weighted by Crippen LogP contribution is -2.24. The van der Waals surface area contributed by atoms with Crippen molar-refractivity contribution >= 4 is 23.3 Å². The van der Waals surface area contributed by atoms with Gasteiger partial charge >= 0.3 is 0 Å². The lowest BCUT2D eigenvalue weighted by Gasteiger charge is -2.18. The first-order valence-electron chi connectivity index (χ1n) is 11.2. The fraction of sp³-hybridized carbons (Fsp3) is 0.231. The topological polar surface area (TPSA) is 63.9 Å². The zero-order valence-electron chi connectivity index (χ0n) is 18.5. The number of aryl methyl sites for hydroxylation is 1. The highest BCUT2D eigenvalue weighted by atomic mass is 35.5. The van der Waals surface area contributed by atoms with Gasteiger partial charge in [0, 0.05) is 35.7 Å². The molecular weight excluding hydrogens is 453 g/mol. The zero-order valence-corrected chi connectivity index (χ0v) is 19.3. The fourth-order valence-corrected chi connectivity index (χ4v) is 4.68. The van der Waals surface area contributed by atoms with Crippen molar-refractivity contribution in [3.05, 3.63) is 83.1 Å². The number of carbonyl (C=O) groups excluding carboxylic acids is 1.